The second-order valence-electron chi connectivity index (χ2n) is 8.14. The maximum absolute atomic E-state index is 12.0. The molecule has 0 N–H and O–H groups in total. The molecule has 2 heterocycles. The average molecular weight is 405 g/mol. The Balaban J connectivity index is 0.00000261. The molecule has 0 aromatic rings. The predicted octanol–water partition coefficient (Wildman–Crippen LogP) is 3.04. The Bertz CT molecular complexity index is 443. The minimum Gasteiger partial charge on any atom is -0.466 e. The number of nitrogens with zero attached hydrogens (tertiary/aromatic N) is 2. The van der Waals surface area contributed by atoms with E-state index < -0.39 is 0 Å². The van der Waals surface area contributed by atoms with Gasteiger partial charge in [-0.1, -0.05) is 0 Å². The predicted molar refractivity (Wildman–Crippen MR) is 107 cm³/mol. The van der Waals surface area contributed by atoms with Crippen molar-refractivity contribution >= 4 is 18.4 Å². The highest BCUT2D eigenvalue weighted by atomic mass is 35.5. The topological polar surface area (TPSA) is 51.2 Å². The van der Waals surface area contributed by atoms with E-state index >= 15 is 0 Å². The summed E-state index contributed by atoms with van der Waals surface area (Å²) in [6.07, 6.45) is 6.94. The molecule has 0 bridgehead atoms. The first-order chi connectivity index (χ1) is 12.6. The first kappa shape index (κ1) is 22.9. The van der Waals surface area contributed by atoms with Crippen molar-refractivity contribution in [1.29, 1.82) is 0 Å². The van der Waals surface area contributed by atoms with Crippen molar-refractivity contribution in [3.63, 3.8) is 0 Å². The summed E-state index contributed by atoms with van der Waals surface area (Å²) < 4.78 is 17.7. The van der Waals surface area contributed by atoms with Gasteiger partial charge in [0.05, 0.1) is 30.8 Å². The maximum atomic E-state index is 12.0. The van der Waals surface area contributed by atoms with E-state index in [2.05, 4.69) is 23.6 Å². The summed E-state index contributed by atoms with van der Waals surface area (Å²) in [5.74, 6) is 0.0290. The Hall–Kier alpha value is -0.400. The van der Waals surface area contributed by atoms with E-state index in [0.29, 0.717) is 6.61 Å². The third-order valence-electron chi connectivity index (χ3n) is 5.82. The third kappa shape index (κ3) is 6.29. The molecule has 0 amide bonds. The first-order valence-corrected chi connectivity index (χ1v) is 10.5. The number of esters is 1. The smallest absolute Gasteiger partial charge is 0.308 e. The number of rotatable bonds is 6. The number of morpholine rings is 1. The molecule has 158 valence electrons. The molecule has 2 aliphatic heterocycles. The zero-order valence-electron chi connectivity index (χ0n) is 17.1. The zero-order valence-corrected chi connectivity index (χ0v) is 17.9. The number of carbonyl (C=O) groups excluding carboxylic acids is 1. The summed E-state index contributed by atoms with van der Waals surface area (Å²) in [4.78, 5) is 16.9. The summed E-state index contributed by atoms with van der Waals surface area (Å²) in [5.41, 5.74) is 0. The van der Waals surface area contributed by atoms with Crippen LogP contribution < -0.4 is 0 Å². The highest BCUT2D eigenvalue weighted by Gasteiger charge is 2.36. The van der Waals surface area contributed by atoms with Gasteiger partial charge in [0, 0.05) is 26.2 Å². The van der Waals surface area contributed by atoms with Crippen LogP contribution in [0, 0.1) is 5.92 Å². The Morgan fingerprint density at radius 3 is 2.19 bits per heavy atom. The van der Waals surface area contributed by atoms with Gasteiger partial charge in [0.15, 0.2) is 6.35 Å². The van der Waals surface area contributed by atoms with E-state index in [0.717, 1.165) is 51.9 Å². The number of likely N-dealkylation sites (tertiary alicyclic amines) is 1. The molecule has 2 saturated heterocycles. The molecule has 6 nitrogen and oxygen atoms in total. The Morgan fingerprint density at radius 2 is 1.63 bits per heavy atom. The lowest BCUT2D eigenvalue weighted by Crippen LogP contribution is -2.57. The first-order valence-electron chi connectivity index (χ1n) is 10.5. The standard InChI is InChI=1S/C20H36N2O4.ClH/c1-4-24-19(23)17-7-9-18(10-8-17)26-20(21-11-5-6-12-21)22-13-15(2)25-16(3)14-22;/h15-18,20H,4-14H2,1-3H3;1H/t15-,16?,17-,18-,20?;/m0./s1. The van der Waals surface area contributed by atoms with Gasteiger partial charge in [0.25, 0.3) is 0 Å². The molecule has 0 radical (unpaired) electrons. The molecule has 3 aliphatic rings. The number of halogens is 1. The fraction of sp³-hybridized carbons (Fsp3) is 0.950. The van der Waals surface area contributed by atoms with Gasteiger partial charge in [-0.15, -0.1) is 12.4 Å². The molecule has 2 unspecified atom stereocenters. The second-order valence-corrected chi connectivity index (χ2v) is 8.14. The molecule has 1 saturated carbocycles. The summed E-state index contributed by atoms with van der Waals surface area (Å²) >= 11 is 0. The average Bonchev–Trinajstić information content (AvgIpc) is 3.14. The lowest BCUT2D eigenvalue weighted by molar-refractivity contribution is -0.215. The van der Waals surface area contributed by atoms with E-state index in [-0.39, 0.29) is 49.0 Å². The molecule has 3 fully saturated rings. The summed E-state index contributed by atoms with van der Waals surface area (Å²) in [6, 6.07) is 0. The van der Waals surface area contributed by atoms with Gasteiger partial charge in [-0.05, 0) is 59.3 Å². The molecule has 0 aromatic carbocycles. The Kier molecular flexibility index (Phi) is 9.29. The van der Waals surface area contributed by atoms with Crippen LogP contribution in [-0.2, 0) is 19.0 Å². The molecule has 1 aliphatic carbocycles. The van der Waals surface area contributed by atoms with Crippen molar-refractivity contribution in [2.24, 2.45) is 5.92 Å². The minimum atomic E-state index is -0.0297. The van der Waals surface area contributed by atoms with E-state index in [1.807, 2.05) is 6.92 Å². The second kappa shape index (κ2) is 11.0. The monoisotopic (exact) mass is 404 g/mol. The molecular formula is C20H37ClN2O4. The Labute approximate surface area is 170 Å². The third-order valence-corrected chi connectivity index (χ3v) is 5.82. The van der Waals surface area contributed by atoms with Gasteiger partial charge in [0.2, 0.25) is 0 Å². The van der Waals surface area contributed by atoms with Gasteiger partial charge in [-0.25, -0.2) is 0 Å². The van der Waals surface area contributed by atoms with Crippen molar-refractivity contribution in [3.8, 4) is 0 Å². The molecule has 7 heteroatoms. The summed E-state index contributed by atoms with van der Waals surface area (Å²) in [7, 11) is 0. The van der Waals surface area contributed by atoms with Gasteiger partial charge in [-0.2, -0.15) is 0 Å². The fourth-order valence-electron chi connectivity index (χ4n) is 4.63. The van der Waals surface area contributed by atoms with Crippen LogP contribution in [0.15, 0.2) is 0 Å². The van der Waals surface area contributed by atoms with Crippen LogP contribution in [0.5, 0.6) is 0 Å². The van der Waals surface area contributed by atoms with Gasteiger partial charge < -0.3 is 14.2 Å². The zero-order chi connectivity index (χ0) is 18.5. The van der Waals surface area contributed by atoms with Crippen LogP contribution in [-0.4, -0.2) is 73.2 Å². The lowest BCUT2D eigenvalue weighted by atomic mass is 9.87. The van der Waals surface area contributed by atoms with Crippen LogP contribution in [0.25, 0.3) is 0 Å². The van der Waals surface area contributed by atoms with E-state index in [4.69, 9.17) is 14.2 Å². The number of hydrogen-bond acceptors (Lipinski definition) is 6. The van der Waals surface area contributed by atoms with Crippen molar-refractivity contribution in [1.82, 2.24) is 9.80 Å². The maximum Gasteiger partial charge on any atom is 0.308 e. The minimum absolute atomic E-state index is 0. The van der Waals surface area contributed by atoms with Crippen LogP contribution in [0.3, 0.4) is 0 Å². The largest absolute Gasteiger partial charge is 0.466 e. The van der Waals surface area contributed by atoms with Crippen molar-refractivity contribution in [2.45, 2.75) is 84.0 Å². The number of carbonyl (C=O) groups is 1. The highest BCUT2D eigenvalue weighted by molar-refractivity contribution is 5.85. The Morgan fingerprint density at radius 1 is 1.04 bits per heavy atom. The van der Waals surface area contributed by atoms with Gasteiger partial charge in [0.1, 0.15) is 0 Å². The molecule has 3 atom stereocenters. The molecular weight excluding hydrogens is 368 g/mol. The SMILES string of the molecule is CCOC(=O)[C@H]1CC[C@H](OC(N2CCCC2)N2CC(C)O[C@@H](C)C2)CC1.Cl. The highest BCUT2D eigenvalue weighted by Crippen LogP contribution is 2.30. The molecule has 0 spiro atoms. The van der Waals surface area contributed by atoms with Crippen molar-refractivity contribution < 1.29 is 19.0 Å². The number of ether oxygens (including phenoxy) is 3. The molecule has 3 rings (SSSR count). The normalized spacial score (nSPS) is 34.0. The lowest BCUT2D eigenvalue weighted by Gasteiger charge is -2.44. The van der Waals surface area contributed by atoms with Crippen LogP contribution in [0.4, 0.5) is 0 Å². The quantitative estimate of drug-likeness (QED) is 0.634. The van der Waals surface area contributed by atoms with Crippen LogP contribution in [0.1, 0.15) is 59.3 Å². The number of hydrogen-bond donors (Lipinski definition) is 0. The van der Waals surface area contributed by atoms with E-state index in [1.165, 1.54) is 12.8 Å². The van der Waals surface area contributed by atoms with E-state index in [9.17, 15) is 4.79 Å². The van der Waals surface area contributed by atoms with E-state index in [1.54, 1.807) is 0 Å². The van der Waals surface area contributed by atoms with Gasteiger partial charge >= 0.3 is 5.97 Å². The van der Waals surface area contributed by atoms with Gasteiger partial charge in [-0.3, -0.25) is 14.6 Å². The van der Waals surface area contributed by atoms with Crippen molar-refractivity contribution in [3.05, 3.63) is 0 Å². The van der Waals surface area contributed by atoms with Crippen LogP contribution in [0.2, 0.25) is 0 Å². The van der Waals surface area contributed by atoms with Crippen molar-refractivity contribution in [2.75, 3.05) is 32.8 Å². The molecule has 0 aromatic heterocycles. The summed E-state index contributed by atoms with van der Waals surface area (Å²) in [6.45, 7) is 10.7. The summed E-state index contributed by atoms with van der Waals surface area (Å²) in [5, 5.41) is 0. The van der Waals surface area contributed by atoms with Crippen LogP contribution >= 0.6 is 12.4 Å². The fourth-order valence-corrected chi connectivity index (χ4v) is 4.63. The molecule has 27 heavy (non-hydrogen) atoms.